The fourth-order valence-electron chi connectivity index (χ4n) is 1.98. The van der Waals surface area contributed by atoms with Crippen LogP contribution in [0, 0.1) is 29.1 Å². The van der Waals surface area contributed by atoms with Gasteiger partial charge in [0.05, 0.1) is 0 Å². The largest absolute Gasteiger partial charge is 0.500 e. The van der Waals surface area contributed by atoms with E-state index in [4.69, 9.17) is 13.3 Å². The quantitative estimate of drug-likeness (QED) is 0.241. The molecule has 1 rings (SSSR count). The molecule has 4 nitrogen and oxygen atoms in total. The Hall–Kier alpha value is -1.23. The summed E-state index contributed by atoms with van der Waals surface area (Å²) in [6.45, 7) is 2.07. The zero-order chi connectivity index (χ0) is 17.6. The average Bonchev–Trinajstić information content (AvgIpc) is 2.56. The van der Waals surface area contributed by atoms with Gasteiger partial charge in [-0.25, -0.2) is 22.0 Å². The van der Waals surface area contributed by atoms with Gasteiger partial charge in [0.1, 0.15) is 5.69 Å². The van der Waals surface area contributed by atoms with E-state index in [1.807, 2.05) is 0 Å². The van der Waals surface area contributed by atoms with Crippen LogP contribution in [0.1, 0.15) is 13.3 Å². The Morgan fingerprint density at radius 3 is 1.78 bits per heavy atom. The normalized spacial score (nSPS) is 11.8. The summed E-state index contributed by atoms with van der Waals surface area (Å²) < 4.78 is 81.9. The molecule has 0 aliphatic carbocycles. The molecular weight excluding hydrogens is 341 g/mol. The van der Waals surface area contributed by atoms with Crippen molar-refractivity contribution in [2.45, 2.75) is 19.4 Å². The van der Waals surface area contributed by atoms with Crippen LogP contribution in [0.3, 0.4) is 0 Å². The Morgan fingerprint density at radius 2 is 1.35 bits per heavy atom. The van der Waals surface area contributed by atoms with Gasteiger partial charge >= 0.3 is 8.80 Å². The first kappa shape index (κ1) is 19.8. The topological polar surface area (TPSA) is 39.7 Å². The molecule has 132 valence electrons. The summed E-state index contributed by atoms with van der Waals surface area (Å²) in [5, 5.41) is 2.21. The lowest BCUT2D eigenvalue weighted by molar-refractivity contribution is 0.103. The third-order valence-electron chi connectivity index (χ3n) is 3.16. The second kappa shape index (κ2) is 8.57. The van der Waals surface area contributed by atoms with Crippen LogP contribution in [0.2, 0.25) is 6.04 Å². The molecule has 23 heavy (non-hydrogen) atoms. The molecule has 0 amide bonds. The van der Waals surface area contributed by atoms with Crippen LogP contribution >= 0.6 is 0 Å². The molecule has 0 saturated heterocycles. The summed E-state index contributed by atoms with van der Waals surface area (Å²) in [5.41, 5.74) is -1.06. The van der Waals surface area contributed by atoms with Gasteiger partial charge in [0.15, 0.2) is 23.3 Å². The highest BCUT2D eigenvalue weighted by Gasteiger charge is 2.37. The van der Waals surface area contributed by atoms with Gasteiger partial charge in [-0.05, 0) is 13.3 Å². The molecule has 0 radical (unpaired) electrons. The van der Waals surface area contributed by atoms with Crippen molar-refractivity contribution < 1.29 is 35.2 Å². The van der Waals surface area contributed by atoms with Gasteiger partial charge in [-0.1, -0.05) is 0 Å². The Labute approximate surface area is 131 Å². The van der Waals surface area contributed by atoms with E-state index >= 15 is 0 Å². The van der Waals surface area contributed by atoms with E-state index in [1.54, 1.807) is 6.92 Å². The van der Waals surface area contributed by atoms with Crippen molar-refractivity contribution >= 4 is 14.5 Å². The summed E-state index contributed by atoms with van der Waals surface area (Å²) in [6.07, 6.45) is 0.285. The molecule has 1 aromatic carbocycles. The Kier molecular flexibility index (Phi) is 7.38. The number of anilines is 1. The molecule has 0 atom stereocenters. The van der Waals surface area contributed by atoms with Crippen LogP contribution in [0.25, 0.3) is 0 Å². The summed E-state index contributed by atoms with van der Waals surface area (Å²) in [7, 11) is -0.0362. The smallest absolute Gasteiger partial charge is 0.380 e. The first-order valence-electron chi connectivity index (χ1n) is 6.83. The van der Waals surface area contributed by atoms with Gasteiger partial charge in [-0.2, -0.15) is 0 Å². The summed E-state index contributed by atoms with van der Waals surface area (Å²) in [5.74, 6) is -9.95. The molecule has 1 aromatic rings. The minimum absolute atomic E-state index is 0.0487. The Bertz CT molecular complexity index is 514. The monoisotopic (exact) mass is 359 g/mol. The van der Waals surface area contributed by atoms with Gasteiger partial charge in [-0.3, -0.25) is 0 Å². The number of rotatable bonds is 9. The van der Waals surface area contributed by atoms with Gasteiger partial charge in [0.2, 0.25) is 5.82 Å². The maximum Gasteiger partial charge on any atom is 0.500 e. The second-order valence-electron chi connectivity index (χ2n) is 4.50. The highest BCUT2D eigenvalue weighted by molar-refractivity contribution is 6.60. The Balaban J connectivity index is 2.73. The van der Waals surface area contributed by atoms with Gasteiger partial charge < -0.3 is 18.6 Å². The fourth-order valence-corrected chi connectivity index (χ4v) is 3.98. The van der Waals surface area contributed by atoms with Crippen molar-refractivity contribution in [3.63, 3.8) is 0 Å². The lowest BCUT2D eigenvalue weighted by Gasteiger charge is -2.25. The molecule has 0 unspecified atom stereocenters. The van der Waals surface area contributed by atoms with Crippen LogP contribution in [0.4, 0.5) is 27.6 Å². The standard InChI is InChI=1S/C13H18F5NO3Si/c1-4-22-23(20-2,21-3)7-5-6-19-13-11(17)9(15)8(14)10(16)12(13)18/h19H,4-7H2,1-3H3. The van der Waals surface area contributed by atoms with Crippen molar-refractivity contribution in [2.24, 2.45) is 0 Å². The molecule has 0 bridgehead atoms. The van der Waals surface area contributed by atoms with Crippen LogP contribution < -0.4 is 5.32 Å². The van der Waals surface area contributed by atoms with Crippen molar-refractivity contribution in [3.8, 4) is 0 Å². The molecule has 0 aliphatic heterocycles. The number of halogens is 5. The van der Waals surface area contributed by atoms with Gasteiger partial charge in [0, 0.05) is 33.4 Å². The predicted molar refractivity (Wildman–Crippen MR) is 75.5 cm³/mol. The maximum absolute atomic E-state index is 13.5. The van der Waals surface area contributed by atoms with E-state index in [9.17, 15) is 22.0 Å². The lowest BCUT2D eigenvalue weighted by Crippen LogP contribution is -2.44. The van der Waals surface area contributed by atoms with E-state index in [2.05, 4.69) is 5.32 Å². The van der Waals surface area contributed by atoms with E-state index < -0.39 is 43.6 Å². The van der Waals surface area contributed by atoms with Crippen LogP contribution in [0.15, 0.2) is 0 Å². The summed E-state index contributed by atoms with van der Waals surface area (Å²) in [6, 6.07) is 0.316. The van der Waals surface area contributed by atoms with Crippen LogP contribution in [0.5, 0.6) is 0 Å². The first-order chi connectivity index (χ1) is 10.8. The summed E-state index contributed by atoms with van der Waals surface area (Å²) in [4.78, 5) is 0. The molecule has 0 aliphatic rings. The van der Waals surface area contributed by atoms with E-state index in [0.717, 1.165) is 0 Å². The van der Waals surface area contributed by atoms with Crippen LogP contribution in [-0.4, -0.2) is 36.2 Å². The molecule has 0 heterocycles. The third-order valence-corrected chi connectivity index (χ3v) is 6.10. The van der Waals surface area contributed by atoms with Crippen molar-refractivity contribution in [2.75, 3.05) is 32.7 Å². The van der Waals surface area contributed by atoms with E-state index in [1.165, 1.54) is 14.2 Å². The maximum atomic E-state index is 13.5. The van der Waals surface area contributed by atoms with Gasteiger partial charge in [0.25, 0.3) is 0 Å². The van der Waals surface area contributed by atoms with Crippen molar-refractivity contribution in [1.29, 1.82) is 0 Å². The van der Waals surface area contributed by atoms with E-state index in [0.29, 0.717) is 12.7 Å². The second-order valence-corrected chi connectivity index (χ2v) is 7.47. The number of hydrogen-bond acceptors (Lipinski definition) is 4. The zero-order valence-corrected chi connectivity index (χ0v) is 13.9. The van der Waals surface area contributed by atoms with Crippen molar-refractivity contribution in [1.82, 2.24) is 0 Å². The fraction of sp³-hybridized carbons (Fsp3) is 0.538. The highest BCUT2D eigenvalue weighted by Crippen LogP contribution is 2.27. The summed E-state index contributed by atoms with van der Waals surface area (Å²) >= 11 is 0. The minimum Gasteiger partial charge on any atom is -0.380 e. The zero-order valence-electron chi connectivity index (χ0n) is 12.9. The molecule has 0 aromatic heterocycles. The highest BCUT2D eigenvalue weighted by atomic mass is 28.4. The number of nitrogens with one attached hydrogen (secondary N) is 1. The number of benzene rings is 1. The first-order valence-corrected chi connectivity index (χ1v) is 8.76. The van der Waals surface area contributed by atoms with Crippen LogP contribution in [-0.2, 0) is 13.3 Å². The lowest BCUT2D eigenvalue weighted by atomic mass is 10.2. The number of hydrogen-bond donors (Lipinski definition) is 1. The van der Waals surface area contributed by atoms with Crippen molar-refractivity contribution in [3.05, 3.63) is 29.1 Å². The SMILES string of the molecule is CCO[Si](CCCNc1c(F)c(F)c(F)c(F)c1F)(OC)OC. The predicted octanol–water partition coefficient (Wildman–Crippen LogP) is 3.45. The van der Waals surface area contributed by atoms with Gasteiger partial charge in [-0.15, -0.1) is 0 Å². The molecule has 10 heteroatoms. The third kappa shape index (κ3) is 4.40. The molecular formula is C13H18F5NO3Si. The average molecular weight is 359 g/mol. The molecule has 0 fully saturated rings. The van der Waals surface area contributed by atoms with E-state index in [-0.39, 0.29) is 13.0 Å². The molecule has 0 saturated carbocycles. The molecule has 0 spiro atoms. The minimum atomic E-state index is -2.88. The Morgan fingerprint density at radius 1 is 0.870 bits per heavy atom. The molecule has 1 N–H and O–H groups in total.